The number of aryl methyl sites for hydroxylation is 2. The molecule has 1 rings (SSSR count). The fourth-order valence-corrected chi connectivity index (χ4v) is 3.37. The smallest absolute Gasteiger partial charge is 0.386 e. The second-order valence-electron chi connectivity index (χ2n) is 7.32. The first-order valence-electron chi connectivity index (χ1n) is 10.1. The van der Waals surface area contributed by atoms with E-state index in [0.717, 1.165) is 25.2 Å². The van der Waals surface area contributed by atoms with Gasteiger partial charge in [-0.1, -0.05) is 6.07 Å². The van der Waals surface area contributed by atoms with Crippen LogP contribution < -0.4 is 0 Å². The Kier molecular flexibility index (Phi) is 23.2. The Morgan fingerprint density at radius 3 is 1.14 bits per heavy atom. The molecule has 0 unspecified atom stereocenters. The van der Waals surface area contributed by atoms with Gasteiger partial charge in [-0.25, -0.2) is 0 Å². The molecule has 0 aromatic carbocycles. The van der Waals surface area contributed by atoms with Crippen molar-refractivity contribution in [3.05, 3.63) is 29.6 Å². The number of carbonyl (C=O) groups is 2. The van der Waals surface area contributed by atoms with Crippen LogP contribution >= 0.6 is 27.0 Å². The van der Waals surface area contributed by atoms with Crippen LogP contribution in [0, 0.1) is 13.8 Å². The van der Waals surface area contributed by atoms with E-state index >= 15 is 0 Å². The number of aliphatic hydroxyl groups excluding tert-OH is 1. The highest BCUT2D eigenvalue weighted by atomic mass is 32.3. The molecule has 0 radical (unpaired) electrons. The second-order valence-corrected chi connectivity index (χ2v) is 12.2. The molecule has 12 nitrogen and oxygen atoms in total. The van der Waals surface area contributed by atoms with E-state index in [1.54, 1.807) is 0 Å². The van der Waals surface area contributed by atoms with Crippen LogP contribution in [0.15, 0.2) is 18.2 Å². The van der Waals surface area contributed by atoms with Crippen LogP contribution in [0.3, 0.4) is 0 Å². The number of Topliss-reactive ketones (excluding diaryl/α,β-unsaturated/α-hetero) is 2. The monoisotopic (exact) mass is 765 g/mol. The summed E-state index contributed by atoms with van der Waals surface area (Å²) in [4.78, 5) is 24.5. The van der Waals surface area contributed by atoms with Crippen LogP contribution in [-0.2, 0) is 47.8 Å². The molecule has 0 spiro atoms. The maximum absolute atomic E-state index is 11.6. The molecule has 1 aromatic rings. The molecule has 0 aliphatic rings. The third-order valence-corrected chi connectivity index (χ3v) is 7.17. The van der Waals surface area contributed by atoms with Crippen molar-refractivity contribution in [1.29, 1.82) is 0 Å². The second kappa shape index (κ2) is 19.7. The third kappa shape index (κ3) is 21.1. The van der Waals surface area contributed by atoms with Gasteiger partial charge in [-0.3, -0.25) is 18.8 Å². The predicted octanol–water partition coefficient (Wildman–Crippen LogP) is 3.41. The average molecular weight is 766 g/mol. The quantitative estimate of drug-likeness (QED) is 0.253. The highest BCUT2D eigenvalue weighted by molar-refractivity contribution is 8.00. The standard InChI is InChI=1S/C7H9N.C5H7F3O4S.C4H8O2.C2F6O5S2.2H2S/c1-6-4-3-5-7(2)8-6;1-3(9)4(2)12-13(10,11)5(6,7)8;1-3(5)4(2)6;3-1(4,5)14(9,10)13-15(11,12)2(6,7)8;;/h3-5H,1-2H3;4H,1-2H3;3,5H,1-2H3;;2*1H2/t;4-;3-;;;/m.00.../s1. The van der Waals surface area contributed by atoms with Crippen molar-refractivity contribution in [2.24, 2.45) is 0 Å². The molecule has 0 fully saturated rings. The summed E-state index contributed by atoms with van der Waals surface area (Å²) < 4.78 is 169. The minimum atomic E-state index is -6.85. The third-order valence-electron chi connectivity index (χ3n) is 3.49. The summed E-state index contributed by atoms with van der Waals surface area (Å²) in [6.07, 6.45) is -2.41. The van der Waals surface area contributed by atoms with Crippen molar-refractivity contribution in [3.63, 3.8) is 0 Å². The van der Waals surface area contributed by atoms with Crippen LogP contribution in [0.2, 0.25) is 0 Å². The number of halogens is 9. The van der Waals surface area contributed by atoms with Gasteiger partial charge in [0.05, 0.1) is 0 Å². The minimum Gasteiger partial charge on any atom is -0.386 e. The van der Waals surface area contributed by atoms with Crippen LogP contribution in [-0.4, -0.2) is 75.6 Å². The first kappa shape index (κ1) is 51.8. The summed E-state index contributed by atoms with van der Waals surface area (Å²) in [5.74, 6) is -0.983. The summed E-state index contributed by atoms with van der Waals surface area (Å²) >= 11 is 0. The number of pyridine rings is 1. The van der Waals surface area contributed by atoms with Crippen LogP contribution in [0.5, 0.6) is 0 Å². The lowest BCUT2D eigenvalue weighted by molar-refractivity contribution is -0.124. The van der Waals surface area contributed by atoms with Crippen LogP contribution in [0.4, 0.5) is 39.5 Å². The zero-order valence-corrected chi connectivity index (χ0v) is 27.4. The average Bonchev–Trinajstić information content (AvgIpc) is 2.71. The molecular weight excluding hydrogens is 738 g/mol. The Labute approximate surface area is 260 Å². The van der Waals surface area contributed by atoms with Crippen LogP contribution in [0.25, 0.3) is 0 Å². The van der Waals surface area contributed by atoms with Gasteiger partial charge < -0.3 is 5.11 Å². The molecule has 264 valence electrons. The first-order valence-corrected chi connectivity index (χ1v) is 14.4. The van der Waals surface area contributed by atoms with Gasteiger partial charge in [0.2, 0.25) is 0 Å². The lowest BCUT2D eigenvalue weighted by Crippen LogP contribution is -2.34. The molecule has 2 atom stereocenters. The van der Waals surface area contributed by atoms with E-state index < -0.39 is 64.9 Å². The van der Waals surface area contributed by atoms with Crippen LogP contribution in [0.1, 0.15) is 39.1 Å². The number of carbonyl (C=O) groups excluding carboxylic acids is 2. The summed E-state index contributed by atoms with van der Waals surface area (Å²) in [6.45, 7) is 8.63. The Bertz CT molecular complexity index is 1300. The molecule has 1 heterocycles. The molecule has 0 bridgehead atoms. The molecule has 0 saturated heterocycles. The molecule has 1 N–H and O–H groups in total. The Morgan fingerprint density at radius 1 is 0.705 bits per heavy atom. The fraction of sp³-hybridized carbons (Fsp3) is 0.611. The van der Waals surface area contributed by atoms with Gasteiger partial charge in [-0.2, -0.15) is 91.8 Å². The summed E-state index contributed by atoms with van der Waals surface area (Å²) in [6, 6.07) is 6.00. The van der Waals surface area contributed by atoms with E-state index in [9.17, 15) is 74.4 Å². The molecule has 1 aromatic heterocycles. The van der Waals surface area contributed by atoms with Gasteiger partial charge in [-0.05, 0) is 53.7 Å². The largest absolute Gasteiger partial charge is 0.524 e. The number of hydrogen-bond donors (Lipinski definition) is 1. The van der Waals surface area contributed by atoms with E-state index in [4.69, 9.17) is 5.11 Å². The van der Waals surface area contributed by atoms with E-state index in [-0.39, 0.29) is 32.8 Å². The van der Waals surface area contributed by atoms with Crippen molar-refractivity contribution in [2.45, 2.75) is 70.3 Å². The lowest BCUT2D eigenvalue weighted by Gasteiger charge is -2.11. The number of ketones is 2. The van der Waals surface area contributed by atoms with E-state index in [1.807, 2.05) is 35.7 Å². The van der Waals surface area contributed by atoms with Gasteiger partial charge in [-0.15, -0.1) is 3.63 Å². The highest BCUT2D eigenvalue weighted by Crippen LogP contribution is 2.32. The number of aromatic nitrogens is 1. The van der Waals surface area contributed by atoms with E-state index in [1.165, 1.54) is 13.8 Å². The van der Waals surface area contributed by atoms with Gasteiger partial charge in [0.25, 0.3) is 0 Å². The molecule has 0 aliphatic carbocycles. The van der Waals surface area contributed by atoms with Gasteiger partial charge >= 0.3 is 46.9 Å². The Morgan fingerprint density at radius 2 is 0.977 bits per heavy atom. The SMILES string of the molecule is CC(=O)[C@H](C)O.CC(=O)[C@H](C)OS(=O)(=O)C(F)(F)F.Cc1cccc(C)n1.O=S(=O)(OS(=O)(=O)C(F)(F)F)C(F)(F)F.S.S. The summed E-state index contributed by atoms with van der Waals surface area (Å²) in [5.41, 5.74) is -15.8. The molecule has 0 saturated carbocycles. The summed E-state index contributed by atoms with van der Waals surface area (Å²) in [7, 11) is -19.4. The molecule has 0 amide bonds. The maximum atomic E-state index is 11.6. The van der Waals surface area contributed by atoms with Crippen molar-refractivity contribution in [1.82, 2.24) is 4.98 Å². The highest BCUT2D eigenvalue weighted by Gasteiger charge is 2.57. The first-order chi connectivity index (χ1) is 18.2. The lowest BCUT2D eigenvalue weighted by atomic mass is 10.3. The van der Waals surface area contributed by atoms with Crippen molar-refractivity contribution in [3.8, 4) is 0 Å². The van der Waals surface area contributed by atoms with Crippen molar-refractivity contribution < 1.29 is 87.3 Å². The van der Waals surface area contributed by atoms with Crippen molar-refractivity contribution in [2.75, 3.05) is 0 Å². The zero-order valence-electron chi connectivity index (χ0n) is 23.0. The van der Waals surface area contributed by atoms with E-state index in [2.05, 4.69) is 9.17 Å². The van der Waals surface area contributed by atoms with Gasteiger partial charge in [0.15, 0.2) is 11.6 Å². The van der Waals surface area contributed by atoms with E-state index in [0.29, 0.717) is 0 Å². The van der Waals surface area contributed by atoms with Gasteiger partial charge in [0, 0.05) is 11.4 Å². The van der Waals surface area contributed by atoms with Gasteiger partial charge in [0.1, 0.15) is 12.2 Å². The molecule has 0 aliphatic heterocycles. The molecule has 26 heteroatoms. The Balaban J connectivity index is -0.000000159. The Hall–Kier alpha value is -1.71. The maximum Gasteiger partial charge on any atom is 0.524 e. The number of hydrogen-bond acceptors (Lipinski definition) is 12. The molecular formula is C18H28F9NO11S5. The predicted molar refractivity (Wildman–Crippen MR) is 144 cm³/mol. The topological polar surface area (TPSA) is 188 Å². The number of nitrogens with zero attached hydrogens (tertiary/aromatic N) is 1. The minimum absolute atomic E-state index is 0. The number of rotatable bonds is 6. The zero-order chi connectivity index (χ0) is 34.7. The summed E-state index contributed by atoms with van der Waals surface area (Å²) in [5, 5.41) is 8.28. The number of alkyl halides is 9. The van der Waals surface area contributed by atoms with Crippen molar-refractivity contribution >= 4 is 68.9 Å². The molecule has 44 heavy (non-hydrogen) atoms. The fourth-order valence-electron chi connectivity index (χ4n) is 1.19. The number of aliphatic hydroxyl groups is 1. The normalized spacial score (nSPS) is 13.4.